The van der Waals surface area contributed by atoms with E-state index in [0.717, 1.165) is 5.92 Å². The molecule has 1 atom stereocenters. The molecule has 0 radical (unpaired) electrons. The summed E-state index contributed by atoms with van der Waals surface area (Å²) in [5, 5.41) is 0. The quantitative estimate of drug-likeness (QED) is 0.832. The Morgan fingerprint density at radius 3 is 2.59 bits per heavy atom. The third kappa shape index (κ3) is 3.45. The molecule has 0 spiro atoms. The second kappa shape index (κ2) is 6.99. The van der Waals surface area contributed by atoms with Crippen LogP contribution in [-0.4, -0.2) is 36.1 Å². The molecular formula is C19H31N3. The molecule has 2 saturated heterocycles. The summed E-state index contributed by atoms with van der Waals surface area (Å²) in [5.74, 6) is 1.96. The van der Waals surface area contributed by atoms with Crippen LogP contribution >= 0.6 is 0 Å². The number of hydrogen-bond acceptors (Lipinski definition) is 3. The first-order valence-corrected chi connectivity index (χ1v) is 9.10. The molecule has 0 bridgehead atoms. The van der Waals surface area contributed by atoms with E-state index in [1.165, 1.54) is 75.2 Å². The Labute approximate surface area is 135 Å². The number of anilines is 1. The number of rotatable bonds is 4. The van der Waals surface area contributed by atoms with Crippen molar-refractivity contribution in [1.29, 1.82) is 0 Å². The molecular weight excluding hydrogens is 270 g/mol. The van der Waals surface area contributed by atoms with Gasteiger partial charge < -0.3 is 4.90 Å². The summed E-state index contributed by atoms with van der Waals surface area (Å²) in [6, 6.07) is 2.99. The Morgan fingerprint density at radius 1 is 1.14 bits per heavy atom. The van der Waals surface area contributed by atoms with E-state index >= 15 is 0 Å². The predicted octanol–water partition coefficient (Wildman–Crippen LogP) is 4.17. The maximum absolute atomic E-state index is 4.86. The third-order valence-corrected chi connectivity index (χ3v) is 5.08. The van der Waals surface area contributed by atoms with Crippen molar-refractivity contribution >= 4 is 5.82 Å². The van der Waals surface area contributed by atoms with Crippen LogP contribution in [0.4, 0.5) is 5.82 Å². The molecule has 122 valence electrons. The molecule has 0 amide bonds. The summed E-state index contributed by atoms with van der Waals surface area (Å²) in [6.45, 7) is 11.7. The molecule has 1 aromatic rings. The number of nitrogens with zero attached hydrogens (tertiary/aromatic N) is 3. The van der Waals surface area contributed by atoms with Gasteiger partial charge in [0.25, 0.3) is 0 Å². The van der Waals surface area contributed by atoms with Gasteiger partial charge in [-0.25, -0.2) is 4.98 Å². The number of pyridine rings is 1. The molecule has 1 aromatic heterocycles. The van der Waals surface area contributed by atoms with E-state index in [1.807, 2.05) is 0 Å². The van der Waals surface area contributed by atoms with Gasteiger partial charge in [0, 0.05) is 31.9 Å². The Bertz CT molecular complexity index is 491. The van der Waals surface area contributed by atoms with Gasteiger partial charge in [-0.3, -0.25) is 4.90 Å². The molecule has 2 aliphatic heterocycles. The van der Waals surface area contributed by atoms with E-state index in [4.69, 9.17) is 4.98 Å². The van der Waals surface area contributed by atoms with Gasteiger partial charge in [-0.15, -0.1) is 0 Å². The fourth-order valence-corrected chi connectivity index (χ4v) is 4.10. The Morgan fingerprint density at radius 2 is 1.91 bits per heavy atom. The number of likely N-dealkylation sites (tertiary alicyclic amines) is 1. The molecule has 3 heterocycles. The number of hydrogen-bond donors (Lipinski definition) is 0. The Balaban J connectivity index is 1.76. The zero-order valence-electron chi connectivity index (χ0n) is 14.5. The van der Waals surface area contributed by atoms with Crippen LogP contribution in [0, 0.1) is 12.8 Å². The fourth-order valence-electron chi connectivity index (χ4n) is 4.10. The van der Waals surface area contributed by atoms with Gasteiger partial charge in [0.05, 0.1) is 0 Å². The SMILES string of the molecule is Cc1cc([C@@H]2CCCN2CC(C)C)cnc1N1CCCCC1. The van der Waals surface area contributed by atoms with Crippen LogP contribution in [-0.2, 0) is 0 Å². The predicted molar refractivity (Wildman–Crippen MR) is 93.4 cm³/mol. The van der Waals surface area contributed by atoms with Crippen molar-refractivity contribution in [2.75, 3.05) is 31.1 Å². The molecule has 3 rings (SSSR count). The highest BCUT2D eigenvalue weighted by molar-refractivity contribution is 5.48. The van der Waals surface area contributed by atoms with Gasteiger partial charge in [-0.1, -0.05) is 13.8 Å². The largest absolute Gasteiger partial charge is 0.356 e. The summed E-state index contributed by atoms with van der Waals surface area (Å²) in [7, 11) is 0. The maximum Gasteiger partial charge on any atom is 0.131 e. The molecule has 2 aliphatic rings. The maximum atomic E-state index is 4.86. The first kappa shape index (κ1) is 15.8. The molecule has 0 unspecified atom stereocenters. The number of aryl methyl sites for hydroxylation is 1. The highest BCUT2D eigenvalue weighted by atomic mass is 15.2. The molecule has 3 nitrogen and oxygen atoms in total. The van der Waals surface area contributed by atoms with Gasteiger partial charge in [0.1, 0.15) is 5.82 Å². The van der Waals surface area contributed by atoms with E-state index in [9.17, 15) is 0 Å². The minimum absolute atomic E-state index is 0.587. The summed E-state index contributed by atoms with van der Waals surface area (Å²) < 4.78 is 0. The van der Waals surface area contributed by atoms with Gasteiger partial charge in [-0.05, 0) is 68.7 Å². The number of piperidine rings is 1. The average molecular weight is 301 g/mol. The minimum atomic E-state index is 0.587. The van der Waals surface area contributed by atoms with E-state index in [-0.39, 0.29) is 0 Å². The van der Waals surface area contributed by atoms with Crippen molar-refractivity contribution in [2.24, 2.45) is 5.92 Å². The molecule has 0 aliphatic carbocycles. The summed E-state index contributed by atoms with van der Waals surface area (Å²) >= 11 is 0. The molecule has 3 heteroatoms. The number of aromatic nitrogens is 1. The van der Waals surface area contributed by atoms with Crippen LogP contribution in [0.25, 0.3) is 0 Å². The summed E-state index contributed by atoms with van der Waals surface area (Å²) in [5.41, 5.74) is 2.78. The van der Waals surface area contributed by atoms with Crippen LogP contribution in [0.2, 0.25) is 0 Å². The zero-order chi connectivity index (χ0) is 15.5. The van der Waals surface area contributed by atoms with E-state index in [2.05, 4.69) is 42.8 Å². The molecule has 0 N–H and O–H groups in total. The normalized spacial score (nSPS) is 23.5. The lowest BCUT2D eigenvalue weighted by Crippen LogP contribution is -2.31. The fraction of sp³-hybridized carbons (Fsp3) is 0.737. The van der Waals surface area contributed by atoms with Crippen molar-refractivity contribution in [3.8, 4) is 0 Å². The van der Waals surface area contributed by atoms with Crippen LogP contribution in [0.3, 0.4) is 0 Å². The first-order valence-electron chi connectivity index (χ1n) is 9.10. The topological polar surface area (TPSA) is 19.4 Å². The van der Waals surface area contributed by atoms with Crippen molar-refractivity contribution in [2.45, 2.75) is 58.9 Å². The van der Waals surface area contributed by atoms with E-state index in [1.54, 1.807) is 0 Å². The van der Waals surface area contributed by atoms with Crippen molar-refractivity contribution in [3.63, 3.8) is 0 Å². The highest BCUT2D eigenvalue weighted by Gasteiger charge is 2.27. The molecule has 0 saturated carbocycles. The van der Waals surface area contributed by atoms with Crippen molar-refractivity contribution in [3.05, 3.63) is 23.4 Å². The minimum Gasteiger partial charge on any atom is -0.356 e. The third-order valence-electron chi connectivity index (χ3n) is 5.08. The van der Waals surface area contributed by atoms with Crippen LogP contribution in [0.1, 0.15) is 63.1 Å². The molecule has 22 heavy (non-hydrogen) atoms. The van der Waals surface area contributed by atoms with Gasteiger partial charge in [-0.2, -0.15) is 0 Å². The van der Waals surface area contributed by atoms with Crippen molar-refractivity contribution < 1.29 is 0 Å². The molecule has 2 fully saturated rings. The summed E-state index contributed by atoms with van der Waals surface area (Å²) in [4.78, 5) is 9.99. The molecule has 0 aromatic carbocycles. The lowest BCUT2D eigenvalue weighted by Gasteiger charge is -2.30. The second-order valence-corrected chi connectivity index (χ2v) is 7.50. The second-order valence-electron chi connectivity index (χ2n) is 7.50. The van der Waals surface area contributed by atoms with E-state index in [0.29, 0.717) is 6.04 Å². The van der Waals surface area contributed by atoms with Gasteiger partial charge >= 0.3 is 0 Å². The smallest absolute Gasteiger partial charge is 0.131 e. The van der Waals surface area contributed by atoms with Gasteiger partial charge in [0.2, 0.25) is 0 Å². The van der Waals surface area contributed by atoms with Crippen LogP contribution < -0.4 is 4.90 Å². The lowest BCUT2D eigenvalue weighted by molar-refractivity contribution is 0.228. The van der Waals surface area contributed by atoms with E-state index < -0.39 is 0 Å². The van der Waals surface area contributed by atoms with Crippen LogP contribution in [0.15, 0.2) is 12.3 Å². The standard InChI is InChI=1S/C19H31N3/c1-15(2)14-22-11-7-8-18(22)17-12-16(3)19(20-13-17)21-9-5-4-6-10-21/h12-13,15,18H,4-11,14H2,1-3H3/t18-/m0/s1. The Hall–Kier alpha value is -1.09. The summed E-state index contributed by atoms with van der Waals surface area (Å²) in [6.07, 6.45) is 8.77. The van der Waals surface area contributed by atoms with Crippen molar-refractivity contribution in [1.82, 2.24) is 9.88 Å². The zero-order valence-corrected chi connectivity index (χ0v) is 14.5. The Kier molecular flexibility index (Phi) is 5.02. The van der Waals surface area contributed by atoms with Gasteiger partial charge in [0.15, 0.2) is 0 Å². The lowest BCUT2D eigenvalue weighted by atomic mass is 10.0. The monoisotopic (exact) mass is 301 g/mol. The van der Waals surface area contributed by atoms with Crippen LogP contribution in [0.5, 0.6) is 0 Å². The first-order chi connectivity index (χ1) is 10.6. The highest BCUT2D eigenvalue weighted by Crippen LogP contribution is 2.34. The average Bonchev–Trinajstić information content (AvgIpc) is 2.95.